The SMILES string of the molecule is CC1C=C(C(N)=O)C=C(F)C1N1CC[C@H](NC(=O)OC(C)(C)C)C1=O. The summed E-state index contributed by atoms with van der Waals surface area (Å²) in [5.41, 5.74) is 4.61. The van der Waals surface area contributed by atoms with Crippen LogP contribution in [-0.4, -0.2) is 47.0 Å². The van der Waals surface area contributed by atoms with E-state index in [0.717, 1.165) is 6.08 Å². The summed E-state index contributed by atoms with van der Waals surface area (Å²) in [5, 5.41) is 2.53. The van der Waals surface area contributed by atoms with E-state index in [-0.39, 0.29) is 11.5 Å². The molecule has 0 aromatic rings. The van der Waals surface area contributed by atoms with Crippen molar-refractivity contribution in [2.24, 2.45) is 11.7 Å². The van der Waals surface area contributed by atoms with E-state index in [2.05, 4.69) is 5.32 Å². The number of ether oxygens (including phenoxy) is 1. The highest BCUT2D eigenvalue weighted by Gasteiger charge is 2.41. The normalized spacial score (nSPS) is 26.8. The third kappa shape index (κ3) is 4.37. The largest absolute Gasteiger partial charge is 0.444 e. The van der Waals surface area contributed by atoms with Crippen LogP contribution >= 0.6 is 0 Å². The number of amides is 3. The number of likely N-dealkylation sites (tertiary alicyclic amines) is 1. The molecular formula is C17H24FN3O4. The Kier molecular flexibility index (Phi) is 5.20. The van der Waals surface area contributed by atoms with Crippen molar-refractivity contribution in [2.75, 3.05) is 6.54 Å². The number of hydrogen-bond acceptors (Lipinski definition) is 4. The summed E-state index contributed by atoms with van der Waals surface area (Å²) in [5.74, 6) is -2.08. The maximum Gasteiger partial charge on any atom is 0.408 e. The number of primary amides is 1. The number of carbonyl (C=O) groups excluding carboxylic acids is 3. The second-order valence-electron chi connectivity index (χ2n) is 7.34. The lowest BCUT2D eigenvalue weighted by Gasteiger charge is -2.33. The van der Waals surface area contributed by atoms with Crippen LogP contribution in [0.2, 0.25) is 0 Å². The Morgan fingerprint density at radius 1 is 1.40 bits per heavy atom. The van der Waals surface area contributed by atoms with Crippen LogP contribution in [0.15, 0.2) is 23.6 Å². The van der Waals surface area contributed by atoms with Crippen LogP contribution in [-0.2, 0) is 14.3 Å². The molecule has 138 valence electrons. The van der Waals surface area contributed by atoms with Gasteiger partial charge in [0.1, 0.15) is 17.5 Å². The molecule has 0 aromatic carbocycles. The first-order chi connectivity index (χ1) is 11.5. The van der Waals surface area contributed by atoms with Gasteiger partial charge in [-0.05, 0) is 33.3 Å². The fourth-order valence-electron chi connectivity index (χ4n) is 3.06. The Morgan fingerprint density at radius 2 is 2.04 bits per heavy atom. The minimum atomic E-state index is -0.805. The van der Waals surface area contributed by atoms with E-state index < -0.39 is 41.4 Å². The summed E-state index contributed by atoms with van der Waals surface area (Å²) in [6.07, 6.45) is 2.30. The van der Waals surface area contributed by atoms with Crippen molar-refractivity contribution in [2.45, 2.75) is 51.8 Å². The van der Waals surface area contributed by atoms with Gasteiger partial charge >= 0.3 is 6.09 Å². The fourth-order valence-corrected chi connectivity index (χ4v) is 3.06. The van der Waals surface area contributed by atoms with Crippen molar-refractivity contribution in [3.05, 3.63) is 23.6 Å². The van der Waals surface area contributed by atoms with Gasteiger partial charge in [-0.3, -0.25) is 9.59 Å². The summed E-state index contributed by atoms with van der Waals surface area (Å²) in [6.45, 7) is 7.18. The number of nitrogens with one attached hydrogen (secondary N) is 1. The molecule has 0 spiro atoms. The second kappa shape index (κ2) is 6.85. The number of halogens is 1. The summed E-state index contributed by atoms with van der Waals surface area (Å²) in [4.78, 5) is 37.0. The summed E-state index contributed by atoms with van der Waals surface area (Å²) < 4.78 is 19.6. The van der Waals surface area contributed by atoms with E-state index in [4.69, 9.17) is 10.5 Å². The smallest absolute Gasteiger partial charge is 0.408 e. The first kappa shape index (κ1) is 19.0. The maximum absolute atomic E-state index is 14.5. The lowest BCUT2D eigenvalue weighted by molar-refractivity contribution is -0.131. The molecule has 1 saturated heterocycles. The molecule has 1 aliphatic heterocycles. The molecule has 3 amide bonds. The predicted octanol–water partition coefficient (Wildman–Crippen LogP) is 1.40. The Bertz CT molecular complexity index is 651. The molecule has 3 N–H and O–H groups in total. The minimum absolute atomic E-state index is 0.0938. The minimum Gasteiger partial charge on any atom is -0.444 e. The van der Waals surface area contributed by atoms with Gasteiger partial charge in [-0.1, -0.05) is 13.0 Å². The van der Waals surface area contributed by atoms with Crippen molar-refractivity contribution in [1.29, 1.82) is 0 Å². The van der Waals surface area contributed by atoms with Gasteiger partial charge in [0.2, 0.25) is 11.8 Å². The summed E-state index contributed by atoms with van der Waals surface area (Å²) in [6, 6.07) is -1.56. The van der Waals surface area contributed by atoms with Gasteiger partial charge in [0, 0.05) is 18.0 Å². The zero-order valence-electron chi connectivity index (χ0n) is 14.8. The average Bonchev–Trinajstić information content (AvgIpc) is 2.77. The van der Waals surface area contributed by atoms with Gasteiger partial charge in [0.05, 0.1) is 6.04 Å². The van der Waals surface area contributed by atoms with Crippen molar-refractivity contribution >= 4 is 17.9 Å². The zero-order valence-corrected chi connectivity index (χ0v) is 14.8. The molecule has 2 unspecified atom stereocenters. The van der Waals surface area contributed by atoms with E-state index >= 15 is 0 Å². The van der Waals surface area contributed by atoms with Crippen LogP contribution in [0.5, 0.6) is 0 Å². The zero-order chi connectivity index (χ0) is 18.9. The molecule has 1 aliphatic carbocycles. The van der Waals surface area contributed by atoms with Crippen molar-refractivity contribution in [3.63, 3.8) is 0 Å². The molecule has 25 heavy (non-hydrogen) atoms. The number of alkyl carbamates (subject to hydrolysis) is 1. The van der Waals surface area contributed by atoms with Gasteiger partial charge in [-0.15, -0.1) is 0 Å². The first-order valence-corrected chi connectivity index (χ1v) is 8.18. The van der Waals surface area contributed by atoms with E-state index in [9.17, 15) is 18.8 Å². The van der Waals surface area contributed by atoms with E-state index in [1.165, 1.54) is 4.90 Å². The Hall–Kier alpha value is -2.38. The molecule has 1 heterocycles. The molecule has 0 radical (unpaired) electrons. The van der Waals surface area contributed by atoms with Gasteiger partial charge in [-0.2, -0.15) is 0 Å². The van der Waals surface area contributed by atoms with Crippen molar-refractivity contribution in [3.8, 4) is 0 Å². The fraction of sp³-hybridized carbons (Fsp3) is 0.588. The highest BCUT2D eigenvalue weighted by Crippen LogP contribution is 2.31. The summed E-state index contributed by atoms with van der Waals surface area (Å²) in [7, 11) is 0. The molecule has 2 aliphatic rings. The second-order valence-corrected chi connectivity index (χ2v) is 7.34. The lowest BCUT2D eigenvalue weighted by Crippen LogP contribution is -2.48. The van der Waals surface area contributed by atoms with E-state index in [0.29, 0.717) is 13.0 Å². The third-order valence-electron chi connectivity index (χ3n) is 4.07. The third-order valence-corrected chi connectivity index (χ3v) is 4.07. The van der Waals surface area contributed by atoms with Crippen molar-refractivity contribution < 1.29 is 23.5 Å². The monoisotopic (exact) mass is 353 g/mol. The van der Waals surface area contributed by atoms with E-state index in [1.54, 1.807) is 33.8 Å². The van der Waals surface area contributed by atoms with Gasteiger partial charge in [0.15, 0.2) is 0 Å². The number of rotatable bonds is 3. The average molecular weight is 353 g/mol. The molecule has 8 heteroatoms. The molecular weight excluding hydrogens is 329 g/mol. The highest BCUT2D eigenvalue weighted by molar-refractivity contribution is 5.95. The maximum atomic E-state index is 14.5. The molecule has 7 nitrogen and oxygen atoms in total. The Balaban J connectivity index is 2.06. The molecule has 3 atom stereocenters. The number of nitrogens with zero attached hydrogens (tertiary/aromatic N) is 1. The molecule has 0 saturated carbocycles. The van der Waals surface area contributed by atoms with Crippen LogP contribution in [0.3, 0.4) is 0 Å². The predicted molar refractivity (Wildman–Crippen MR) is 88.9 cm³/mol. The molecule has 0 bridgehead atoms. The quantitative estimate of drug-likeness (QED) is 0.800. The molecule has 1 fully saturated rings. The topological polar surface area (TPSA) is 102 Å². The van der Waals surface area contributed by atoms with Crippen LogP contribution in [0.25, 0.3) is 0 Å². The van der Waals surface area contributed by atoms with Gasteiger partial charge < -0.3 is 20.7 Å². The number of carbonyl (C=O) groups is 3. The Morgan fingerprint density at radius 3 is 2.56 bits per heavy atom. The number of hydrogen-bond donors (Lipinski definition) is 2. The Labute approximate surface area is 146 Å². The van der Waals surface area contributed by atoms with Gasteiger partial charge in [0.25, 0.3) is 0 Å². The number of nitrogens with two attached hydrogens (primary N) is 1. The molecule has 2 rings (SSSR count). The van der Waals surface area contributed by atoms with Crippen molar-refractivity contribution in [1.82, 2.24) is 10.2 Å². The van der Waals surface area contributed by atoms with Crippen LogP contribution in [0.4, 0.5) is 9.18 Å². The van der Waals surface area contributed by atoms with Crippen LogP contribution in [0, 0.1) is 5.92 Å². The molecule has 0 aromatic heterocycles. The standard InChI is InChI=1S/C17H24FN3O4/c1-9-7-10(14(19)22)8-11(18)13(9)21-6-5-12(15(21)23)20-16(24)25-17(2,3)4/h7-9,12-13H,5-6H2,1-4H3,(H2,19,22)(H,20,24)/t9?,12-,13?/m0/s1. The highest BCUT2D eigenvalue weighted by atomic mass is 19.1. The summed E-state index contributed by atoms with van der Waals surface area (Å²) >= 11 is 0. The van der Waals surface area contributed by atoms with Crippen LogP contribution in [0.1, 0.15) is 34.1 Å². The van der Waals surface area contributed by atoms with Crippen LogP contribution < -0.4 is 11.1 Å². The van der Waals surface area contributed by atoms with E-state index in [1.807, 2.05) is 0 Å². The lowest BCUT2D eigenvalue weighted by atomic mass is 9.90. The first-order valence-electron chi connectivity index (χ1n) is 8.18. The van der Waals surface area contributed by atoms with Gasteiger partial charge in [-0.25, -0.2) is 9.18 Å².